The van der Waals surface area contributed by atoms with Gasteiger partial charge >= 0.3 is 0 Å². The molecular formula is C13H15ClN2O. The molecule has 0 bridgehead atoms. The lowest BCUT2D eigenvalue weighted by Crippen LogP contribution is -2.10. The summed E-state index contributed by atoms with van der Waals surface area (Å²) in [7, 11) is 0. The lowest BCUT2D eigenvalue weighted by molar-refractivity contribution is 0.207. The van der Waals surface area contributed by atoms with Gasteiger partial charge in [-0.3, -0.25) is 4.68 Å². The predicted octanol–water partition coefficient (Wildman–Crippen LogP) is 2.95. The van der Waals surface area contributed by atoms with E-state index in [9.17, 15) is 5.11 Å². The van der Waals surface area contributed by atoms with Gasteiger partial charge in [-0.1, -0.05) is 23.7 Å². The predicted molar refractivity (Wildman–Crippen MR) is 68.2 cm³/mol. The molecule has 0 saturated carbocycles. The number of rotatable bonds is 3. The van der Waals surface area contributed by atoms with E-state index in [1.54, 1.807) is 10.9 Å². The first-order valence-corrected chi connectivity index (χ1v) is 5.97. The van der Waals surface area contributed by atoms with Crippen LogP contribution in [0, 0.1) is 6.92 Å². The van der Waals surface area contributed by atoms with Crippen molar-refractivity contribution < 1.29 is 5.11 Å². The molecule has 17 heavy (non-hydrogen) atoms. The van der Waals surface area contributed by atoms with Gasteiger partial charge in [-0.05, 0) is 37.1 Å². The SMILES string of the molecule is CCn1nccc1C(O)c1cccc(Cl)c1C. The third-order valence-corrected chi connectivity index (χ3v) is 3.34. The molecule has 2 aromatic rings. The molecule has 1 aromatic heterocycles. The van der Waals surface area contributed by atoms with Crippen LogP contribution in [0.5, 0.6) is 0 Å². The minimum Gasteiger partial charge on any atom is -0.382 e. The Balaban J connectivity index is 2.44. The highest BCUT2D eigenvalue weighted by atomic mass is 35.5. The van der Waals surface area contributed by atoms with Crippen molar-refractivity contribution in [3.8, 4) is 0 Å². The summed E-state index contributed by atoms with van der Waals surface area (Å²) in [4.78, 5) is 0. The number of hydrogen-bond donors (Lipinski definition) is 1. The van der Waals surface area contributed by atoms with Crippen molar-refractivity contribution in [2.45, 2.75) is 26.5 Å². The maximum absolute atomic E-state index is 10.4. The molecule has 1 aromatic carbocycles. The van der Waals surface area contributed by atoms with Crippen LogP contribution in [0.15, 0.2) is 30.5 Å². The lowest BCUT2D eigenvalue weighted by atomic mass is 10.0. The zero-order valence-electron chi connectivity index (χ0n) is 9.89. The summed E-state index contributed by atoms with van der Waals surface area (Å²) in [6, 6.07) is 7.39. The summed E-state index contributed by atoms with van der Waals surface area (Å²) in [5.74, 6) is 0. The molecule has 0 aliphatic heterocycles. The Hall–Kier alpha value is -1.32. The van der Waals surface area contributed by atoms with E-state index < -0.39 is 6.10 Å². The molecule has 0 radical (unpaired) electrons. The van der Waals surface area contributed by atoms with Gasteiger partial charge in [0, 0.05) is 17.8 Å². The van der Waals surface area contributed by atoms with Gasteiger partial charge in [-0.25, -0.2) is 0 Å². The first-order valence-electron chi connectivity index (χ1n) is 5.60. The summed E-state index contributed by atoms with van der Waals surface area (Å²) in [6.07, 6.45) is 1.01. The summed E-state index contributed by atoms with van der Waals surface area (Å²) >= 11 is 6.06. The third kappa shape index (κ3) is 2.21. The number of aliphatic hydroxyl groups excluding tert-OH is 1. The van der Waals surface area contributed by atoms with Crippen LogP contribution in [-0.2, 0) is 6.54 Å². The van der Waals surface area contributed by atoms with Crippen LogP contribution in [0.3, 0.4) is 0 Å². The number of aryl methyl sites for hydroxylation is 1. The molecule has 0 fully saturated rings. The fourth-order valence-corrected chi connectivity index (χ4v) is 2.10. The maximum Gasteiger partial charge on any atom is 0.121 e. The molecule has 0 spiro atoms. The van der Waals surface area contributed by atoms with Crippen LogP contribution in [0.1, 0.15) is 29.8 Å². The largest absolute Gasteiger partial charge is 0.382 e. The average Bonchev–Trinajstić information content (AvgIpc) is 2.80. The highest BCUT2D eigenvalue weighted by Gasteiger charge is 2.17. The van der Waals surface area contributed by atoms with E-state index in [4.69, 9.17) is 11.6 Å². The van der Waals surface area contributed by atoms with Gasteiger partial charge in [0.25, 0.3) is 0 Å². The molecule has 0 aliphatic rings. The third-order valence-electron chi connectivity index (χ3n) is 2.93. The Kier molecular flexibility index (Phi) is 3.50. The van der Waals surface area contributed by atoms with Crippen molar-refractivity contribution in [3.63, 3.8) is 0 Å². The number of hydrogen-bond acceptors (Lipinski definition) is 2. The second-order valence-electron chi connectivity index (χ2n) is 3.93. The molecule has 1 unspecified atom stereocenters. The molecule has 1 heterocycles. The van der Waals surface area contributed by atoms with E-state index in [0.29, 0.717) is 5.02 Å². The fraction of sp³-hybridized carbons (Fsp3) is 0.308. The summed E-state index contributed by atoms with van der Waals surface area (Å²) < 4.78 is 1.78. The van der Waals surface area contributed by atoms with Gasteiger partial charge in [0.2, 0.25) is 0 Å². The van der Waals surface area contributed by atoms with Crippen LogP contribution >= 0.6 is 11.6 Å². The monoisotopic (exact) mass is 250 g/mol. The van der Waals surface area contributed by atoms with Crippen LogP contribution in [-0.4, -0.2) is 14.9 Å². The van der Waals surface area contributed by atoms with Gasteiger partial charge in [-0.2, -0.15) is 5.10 Å². The zero-order chi connectivity index (χ0) is 12.4. The molecule has 90 valence electrons. The first-order chi connectivity index (χ1) is 8.15. The molecule has 1 atom stereocenters. The average molecular weight is 251 g/mol. The molecule has 3 nitrogen and oxygen atoms in total. The van der Waals surface area contributed by atoms with Crippen LogP contribution in [0.4, 0.5) is 0 Å². The van der Waals surface area contributed by atoms with Crippen LogP contribution in [0.25, 0.3) is 0 Å². The Morgan fingerprint density at radius 3 is 2.88 bits per heavy atom. The minimum absolute atomic E-state index is 0.670. The van der Waals surface area contributed by atoms with E-state index in [-0.39, 0.29) is 0 Å². The Bertz CT molecular complexity index is 522. The van der Waals surface area contributed by atoms with Crippen LogP contribution in [0.2, 0.25) is 5.02 Å². The molecule has 0 aliphatic carbocycles. The van der Waals surface area contributed by atoms with E-state index in [1.165, 1.54) is 0 Å². The van der Waals surface area contributed by atoms with Crippen molar-refractivity contribution >= 4 is 11.6 Å². The Morgan fingerprint density at radius 2 is 2.18 bits per heavy atom. The number of halogens is 1. The second kappa shape index (κ2) is 4.90. The van der Waals surface area contributed by atoms with E-state index in [0.717, 1.165) is 23.4 Å². The number of aliphatic hydroxyl groups is 1. The van der Waals surface area contributed by atoms with Gasteiger partial charge < -0.3 is 5.11 Å². The van der Waals surface area contributed by atoms with Gasteiger partial charge in [0.1, 0.15) is 6.10 Å². The van der Waals surface area contributed by atoms with Crippen molar-refractivity contribution in [3.05, 3.63) is 52.3 Å². The molecule has 4 heteroatoms. The second-order valence-corrected chi connectivity index (χ2v) is 4.34. The normalized spacial score (nSPS) is 12.7. The molecule has 0 amide bonds. The summed E-state index contributed by atoms with van der Waals surface area (Å²) in [5, 5.41) is 15.2. The van der Waals surface area contributed by atoms with Gasteiger partial charge in [-0.15, -0.1) is 0 Å². The van der Waals surface area contributed by atoms with Crippen molar-refractivity contribution in [2.75, 3.05) is 0 Å². The minimum atomic E-state index is -0.684. The van der Waals surface area contributed by atoms with E-state index >= 15 is 0 Å². The number of aromatic nitrogens is 2. The Labute approximate surface area is 106 Å². The maximum atomic E-state index is 10.4. The Morgan fingerprint density at radius 1 is 1.41 bits per heavy atom. The smallest absolute Gasteiger partial charge is 0.121 e. The topological polar surface area (TPSA) is 38.0 Å². The molecule has 0 saturated heterocycles. The number of nitrogens with zero attached hydrogens (tertiary/aromatic N) is 2. The first kappa shape index (κ1) is 12.1. The van der Waals surface area contributed by atoms with Crippen LogP contribution < -0.4 is 0 Å². The van der Waals surface area contributed by atoms with Gasteiger partial charge in [0.15, 0.2) is 0 Å². The van der Waals surface area contributed by atoms with E-state index in [2.05, 4.69) is 5.10 Å². The highest BCUT2D eigenvalue weighted by molar-refractivity contribution is 6.31. The fourth-order valence-electron chi connectivity index (χ4n) is 1.92. The molecule has 1 N–H and O–H groups in total. The molecule has 2 rings (SSSR count). The van der Waals surface area contributed by atoms with Crippen molar-refractivity contribution in [1.82, 2.24) is 9.78 Å². The van der Waals surface area contributed by atoms with E-state index in [1.807, 2.05) is 38.1 Å². The summed E-state index contributed by atoms with van der Waals surface area (Å²) in [5.41, 5.74) is 2.52. The van der Waals surface area contributed by atoms with Crippen molar-refractivity contribution in [1.29, 1.82) is 0 Å². The van der Waals surface area contributed by atoms with Crippen molar-refractivity contribution in [2.24, 2.45) is 0 Å². The molecular weight excluding hydrogens is 236 g/mol. The van der Waals surface area contributed by atoms with Gasteiger partial charge in [0.05, 0.1) is 5.69 Å². The lowest BCUT2D eigenvalue weighted by Gasteiger charge is -2.15. The summed E-state index contributed by atoms with van der Waals surface area (Å²) in [6.45, 7) is 4.64. The quantitative estimate of drug-likeness (QED) is 0.910. The standard InChI is InChI=1S/C13H15ClN2O/c1-3-16-12(7-8-15-16)13(17)10-5-4-6-11(14)9(10)2/h4-8,13,17H,3H2,1-2H3. The highest BCUT2D eigenvalue weighted by Crippen LogP contribution is 2.28. The zero-order valence-corrected chi connectivity index (χ0v) is 10.6. The number of benzene rings is 1.